The van der Waals surface area contributed by atoms with Crippen LogP contribution in [0.25, 0.3) is 11.1 Å². The largest absolute Gasteiger partial charge is 0.444 e. The number of nitrogens with zero attached hydrogens (tertiary/aromatic N) is 3. The van der Waals surface area contributed by atoms with Gasteiger partial charge < -0.3 is 9.64 Å². The van der Waals surface area contributed by atoms with E-state index >= 15 is 0 Å². The summed E-state index contributed by atoms with van der Waals surface area (Å²) in [6.45, 7) is 5.54. The molecule has 2 aromatic rings. The third-order valence-corrected chi connectivity index (χ3v) is 3.38. The number of aromatic nitrogens is 1. The van der Waals surface area contributed by atoms with Gasteiger partial charge in [-0.15, -0.1) is 0 Å². The van der Waals surface area contributed by atoms with Crippen molar-refractivity contribution in [3.8, 4) is 11.1 Å². The molecule has 0 aliphatic carbocycles. The van der Waals surface area contributed by atoms with Gasteiger partial charge in [0.2, 0.25) is 0 Å². The Bertz CT molecular complexity index is 770. The van der Waals surface area contributed by atoms with Crippen LogP contribution in [0.1, 0.15) is 26.3 Å². The molecular weight excluding hydrogens is 322 g/mol. The van der Waals surface area contributed by atoms with Gasteiger partial charge in [0.25, 0.3) is 5.69 Å². The van der Waals surface area contributed by atoms with Gasteiger partial charge in [-0.3, -0.25) is 15.1 Å². The van der Waals surface area contributed by atoms with E-state index in [4.69, 9.17) is 4.74 Å². The molecule has 1 amide bonds. The highest BCUT2D eigenvalue weighted by atomic mass is 16.6. The lowest BCUT2D eigenvalue weighted by Crippen LogP contribution is -2.33. The summed E-state index contributed by atoms with van der Waals surface area (Å²) in [5.74, 6) is 0. The van der Waals surface area contributed by atoms with Gasteiger partial charge in [0.05, 0.1) is 4.92 Å². The molecular formula is C18H21N3O4. The fourth-order valence-electron chi connectivity index (χ4n) is 2.29. The second-order valence-corrected chi connectivity index (χ2v) is 6.68. The predicted molar refractivity (Wildman–Crippen MR) is 94.0 cm³/mol. The van der Waals surface area contributed by atoms with E-state index in [0.717, 1.165) is 11.1 Å². The third kappa shape index (κ3) is 5.00. The van der Waals surface area contributed by atoms with Crippen LogP contribution in [-0.4, -0.2) is 33.5 Å². The number of rotatable bonds is 4. The number of carbonyl (C=O) groups excluding carboxylic acids is 1. The molecule has 1 aromatic heterocycles. The summed E-state index contributed by atoms with van der Waals surface area (Å²) >= 11 is 0. The molecule has 0 atom stereocenters. The number of amides is 1. The van der Waals surface area contributed by atoms with Crippen LogP contribution < -0.4 is 0 Å². The molecule has 0 saturated heterocycles. The Morgan fingerprint density at radius 2 is 2.04 bits per heavy atom. The number of carbonyl (C=O) groups is 1. The Hall–Kier alpha value is -2.96. The first-order valence-electron chi connectivity index (χ1n) is 7.79. The van der Waals surface area contributed by atoms with Crippen LogP contribution in [0.4, 0.5) is 10.5 Å². The van der Waals surface area contributed by atoms with Crippen LogP contribution in [0.15, 0.2) is 42.7 Å². The minimum absolute atomic E-state index is 0.0276. The lowest BCUT2D eigenvalue weighted by Gasteiger charge is -2.25. The third-order valence-electron chi connectivity index (χ3n) is 3.38. The molecule has 0 saturated carbocycles. The number of benzene rings is 1. The summed E-state index contributed by atoms with van der Waals surface area (Å²) < 4.78 is 5.34. The number of ether oxygens (including phenoxy) is 1. The quantitative estimate of drug-likeness (QED) is 0.618. The Labute approximate surface area is 146 Å². The summed E-state index contributed by atoms with van der Waals surface area (Å²) in [7, 11) is 1.60. The molecule has 2 rings (SSSR count). The number of pyridine rings is 1. The van der Waals surface area contributed by atoms with Crippen LogP contribution in [0.5, 0.6) is 0 Å². The molecule has 0 spiro atoms. The number of hydrogen-bond donors (Lipinski definition) is 0. The molecule has 0 aliphatic heterocycles. The summed E-state index contributed by atoms with van der Waals surface area (Å²) in [6.07, 6.45) is 2.84. The van der Waals surface area contributed by atoms with E-state index in [1.165, 1.54) is 17.0 Å². The minimum atomic E-state index is -0.611. The average molecular weight is 343 g/mol. The maximum absolute atomic E-state index is 12.2. The maximum Gasteiger partial charge on any atom is 0.410 e. The molecule has 1 heterocycles. The molecule has 25 heavy (non-hydrogen) atoms. The van der Waals surface area contributed by atoms with Crippen molar-refractivity contribution in [3.05, 3.63) is 58.4 Å². The van der Waals surface area contributed by atoms with Gasteiger partial charge >= 0.3 is 6.09 Å². The maximum atomic E-state index is 12.2. The van der Waals surface area contributed by atoms with Crippen LogP contribution in [0, 0.1) is 10.1 Å². The number of non-ortho nitro benzene ring substituents is 1. The van der Waals surface area contributed by atoms with Gasteiger partial charge in [0.15, 0.2) is 0 Å². The van der Waals surface area contributed by atoms with Gasteiger partial charge in [-0.25, -0.2) is 4.79 Å². The highest BCUT2D eigenvalue weighted by Gasteiger charge is 2.21. The topological polar surface area (TPSA) is 85.6 Å². The van der Waals surface area contributed by atoms with Crippen molar-refractivity contribution in [1.29, 1.82) is 0 Å². The summed E-state index contributed by atoms with van der Waals surface area (Å²) in [6, 6.07) is 8.25. The summed E-state index contributed by atoms with van der Waals surface area (Å²) in [4.78, 5) is 28.3. The van der Waals surface area contributed by atoms with Crippen LogP contribution in [0.2, 0.25) is 0 Å². The first-order valence-corrected chi connectivity index (χ1v) is 7.79. The lowest BCUT2D eigenvalue weighted by molar-refractivity contribution is -0.384. The SMILES string of the molecule is CN(Cc1cc([N+](=O)[O-])ccc1-c1cccnc1)C(=O)OC(C)(C)C. The molecule has 7 heteroatoms. The van der Waals surface area contributed by atoms with E-state index in [1.54, 1.807) is 52.3 Å². The zero-order valence-corrected chi connectivity index (χ0v) is 14.7. The van der Waals surface area contributed by atoms with Crippen LogP contribution in [0.3, 0.4) is 0 Å². The molecule has 1 aromatic carbocycles. The molecule has 0 N–H and O–H groups in total. The molecule has 7 nitrogen and oxygen atoms in total. The van der Waals surface area contributed by atoms with E-state index < -0.39 is 16.6 Å². The van der Waals surface area contributed by atoms with Crippen molar-refractivity contribution in [3.63, 3.8) is 0 Å². The monoisotopic (exact) mass is 343 g/mol. The van der Waals surface area contributed by atoms with E-state index in [-0.39, 0.29) is 12.2 Å². The van der Waals surface area contributed by atoms with E-state index in [9.17, 15) is 14.9 Å². The predicted octanol–water partition coefficient (Wildman–Crippen LogP) is 4.02. The van der Waals surface area contributed by atoms with Crippen molar-refractivity contribution >= 4 is 11.8 Å². The lowest BCUT2D eigenvalue weighted by atomic mass is 10.00. The van der Waals surface area contributed by atoms with Crippen molar-refractivity contribution in [1.82, 2.24) is 9.88 Å². The van der Waals surface area contributed by atoms with Gasteiger partial charge in [0, 0.05) is 43.7 Å². The fraction of sp³-hybridized carbons (Fsp3) is 0.333. The van der Waals surface area contributed by atoms with Crippen molar-refractivity contribution < 1.29 is 14.5 Å². The van der Waals surface area contributed by atoms with Gasteiger partial charge in [0.1, 0.15) is 5.60 Å². The Kier molecular flexibility index (Phi) is 5.36. The van der Waals surface area contributed by atoms with E-state index in [1.807, 2.05) is 6.07 Å². The molecule has 0 unspecified atom stereocenters. The van der Waals surface area contributed by atoms with Gasteiger partial charge in [-0.2, -0.15) is 0 Å². The summed E-state index contributed by atoms with van der Waals surface area (Å²) in [5.41, 5.74) is 1.62. The van der Waals surface area contributed by atoms with Crippen LogP contribution in [-0.2, 0) is 11.3 Å². The van der Waals surface area contributed by atoms with E-state index in [2.05, 4.69) is 4.98 Å². The second-order valence-electron chi connectivity index (χ2n) is 6.68. The minimum Gasteiger partial charge on any atom is -0.444 e. The first kappa shape index (κ1) is 18.4. The van der Waals surface area contributed by atoms with Crippen LogP contribution >= 0.6 is 0 Å². The molecule has 0 bridgehead atoms. The normalized spacial score (nSPS) is 11.0. The molecule has 0 radical (unpaired) electrons. The smallest absolute Gasteiger partial charge is 0.410 e. The average Bonchev–Trinajstić information content (AvgIpc) is 2.54. The van der Waals surface area contributed by atoms with Crippen molar-refractivity contribution in [2.45, 2.75) is 32.9 Å². The highest BCUT2D eigenvalue weighted by molar-refractivity contribution is 5.71. The Balaban J connectivity index is 2.35. The first-order chi connectivity index (χ1) is 11.7. The van der Waals surface area contributed by atoms with Crippen molar-refractivity contribution in [2.75, 3.05) is 7.05 Å². The Morgan fingerprint density at radius 3 is 2.60 bits per heavy atom. The zero-order chi connectivity index (χ0) is 18.6. The van der Waals surface area contributed by atoms with Gasteiger partial charge in [-0.05, 0) is 44.0 Å². The highest BCUT2D eigenvalue weighted by Crippen LogP contribution is 2.28. The zero-order valence-electron chi connectivity index (χ0n) is 14.7. The molecule has 0 fully saturated rings. The van der Waals surface area contributed by atoms with Gasteiger partial charge in [-0.1, -0.05) is 6.07 Å². The number of hydrogen-bond acceptors (Lipinski definition) is 5. The number of nitro benzene ring substituents is 1. The second kappa shape index (κ2) is 7.29. The number of nitro groups is 1. The molecule has 0 aliphatic rings. The fourth-order valence-corrected chi connectivity index (χ4v) is 2.29. The van der Waals surface area contributed by atoms with E-state index in [0.29, 0.717) is 5.56 Å². The Morgan fingerprint density at radius 1 is 1.32 bits per heavy atom. The standard InChI is InChI=1S/C18H21N3O4/c1-18(2,3)25-17(22)20(4)12-14-10-15(21(23)24)7-8-16(14)13-6-5-9-19-11-13/h5-11H,12H2,1-4H3. The van der Waals surface area contributed by atoms with Crippen molar-refractivity contribution in [2.24, 2.45) is 0 Å². The summed E-state index contributed by atoms with van der Waals surface area (Å²) in [5, 5.41) is 11.1. The molecule has 132 valence electrons.